The molecule has 1 saturated heterocycles. The molecule has 0 radical (unpaired) electrons. The van der Waals surface area contributed by atoms with Crippen molar-refractivity contribution in [1.29, 1.82) is 0 Å². The van der Waals surface area contributed by atoms with Crippen LogP contribution >= 0.6 is 34.2 Å². The number of hydrogen-bond acceptors (Lipinski definition) is 2. The van der Waals surface area contributed by atoms with Gasteiger partial charge in [-0.2, -0.15) is 0 Å². The summed E-state index contributed by atoms with van der Waals surface area (Å²) in [7, 11) is 0. The Kier molecular flexibility index (Phi) is 4.73. The van der Waals surface area contributed by atoms with Crippen LogP contribution in [0.3, 0.4) is 0 Å². The molecule has 2 nitrogen and oxygen atoms in total. The Bertz CT molecular complexity index is 351. The van der Waals surface area contributed by atoms with Crippen LogP contribution in [0.1, 0.15) is 12.8 Å². The molecule has 0 unspecified atom stereocenters. The molecule has 1 aliphatic rings. The molecule has 0 spiro atoms. The standard InChI is InChI=1S/C12H14ClIO2/c13-11-7-10(1-2-12(11)14)16-8-9-3-5-15-6-4-9/h1-2,7,9H,3-6,8H2. The zero-order valence-electron chi connectivity index (χ0n) is 8.92. The van der Waals surface area contributed by atoms with E-state index in [9.17, 15) is 0 Å². The van der Waals surface area contributed by atoms with E-state index in [0.29, 0.717) is 5.92 Å². The second-order valence-corrected chi connectivity index (χ2v) is 5.51. The maximum Gasteiger partial charge on any atom is 0.120 e. The fraction of sp³-hybridized carbons (Fsp3) is 0.500. The van der Waals surface area contributed by atoms with Gasteiger partial charge >= 0.3 is 0 Å². The summed E-state index contributed by atoms with van der Waals surface area (Å²) in [6, 6.07) is 5.82. The van der Waals surface area contributed by atoms with Gasteiger partial charge in [-0.15, -0.1) is 0 Å². The monoisotopic (exact) mass is 352 g/mol. The minimum absolute atomic E-state index is 0.617. The summed E-state index contributed by atoms with van der Waals surface area (Å²) >= 11 is 8.24. The van der Waals surface area contributed by atoms with Gasteiger partial charge in [-0.1, -0.05) is 11.6 Å². The molecule has 1 aromatic rings. The first-order chi connectivity index (χ1) is 7.75. The Morgan fingerprint density at radius 2 is 2.12 bits per heavy atom. The van der Waals surface area contributed by atoms with E-state index in [0.717, 1.165) is 47.0 Å². The third kappa shape index (κ3) is 3.50. The lowest BCUT2D eigenvalue weighted by Gasteiger charge is -2.22. The molecule has 0 saturated carbocycles. The summed E-state index contributed by atoms with van der Waals surface area (Å²) < 4.78 is 12.1. The molecule has 1 heterocycles. The van der Waals surface area contributed by atoms with Gasteiger partial charge in [0, 0.05) is 16.8 Å². The van der Waals surface area contributed by atoms with Crippen LogP contribution in [-0.2, 0) is 4.74 Å². The molecule has 0 amide bonds. The van der Waals surface area contributed by atoms with Crippen LogP contribution in [0.2, 0.25) is 5.02 Å². The molecule has 88 valence electrons. The van der Waals surface area contributed by atoms with E-state index in [-0.39, 0.29) is 0 Å². The number of benzene rings is 1. The van der Waals surface area contributed by atoms with E-state index in [1.807, 2.05) is 18.2 Å². The van der Waals surface area contributed by atoms with Crippen molar-refractivity contribution in [3.63, 3.8) is 0 Å². The predicted octanol–water partition coefficient (Wildman–Crippen LogP) is 3.75. The molecule has 4 heteroatoms. The smallest absolute Gasteiger partial charge is 0.120 e. The number of halogens is 2. The van der Waals surface area contributed by atoms with Gasteiger partial charge in [0.15, 0.2) is 0 Å². The molecule has 0 N–H and O–H groups in total. The lowest BCUT2D eigenvalue weighted by molar-refractivity contribution is 0.0497. The van der Waals surface area contributed by atoms with Gasteiger partial charge in [-0.25, -0.2) is 0 Å². The Morgan fingerprint density at radius 1 is 1.38 bits per heavy atom. The highest BCUT2D eigenvalue weighted by Crippen LogP contribution is 2.25. The number of ether oxygens (including phenoxy) is 2. The highest BCUT2D eigenvalue weighted by Gasteiger charge is 2.14. The topological polar surface area (TPSA) is 18.5 Å². The van der Waals surface area contributed by atoms with Crippen LogP contribution in [0.15, 0.2) is 18.2 Å². The lowest BCUT2D eigenvalue weighted by Crippen LogP contribution is -2.21. The summed E-state index contributed by atoms with van der Waals surface area (Å²) in [5.41, 5.74) is 0. The van der Waals surface area contributed by atoms with Gasteiger partial charge in [-0.3, -0.25) is 0 Å². The highest BCUT2D eigenvalue weighted by atomic mass is 127. The Labute approximate surface area is 114 Å². The molecule has 1 aromatic carbocycles. The van der Waals surface area contributed by atoms with Crippen molar-refractivity contribution in [2.75, 3.05) is 19.8 Å². The normalized spacial score (nSPS) is 17.4. The quantitative estimate of drug-likeness (QED) is 0.771. The van der Waals surface area contributed by atoms with Crippen LogP contribution in [0.4, 0.5) is 0 Å². The minimum atomic E-state index is 0.617. The van der Waals surface area contributed by atoms with Crippen LogP contribution in [-0.4, -0.2) is 19.8 Å². The van der Waals surface area contributed by atoms with Crippen molar-refractivity contribution in [2.45, 2.75) is 12.8 Å². The Balaban J connectivity index is 1.86. The van der Waals surface area contributed by atoms with E-state index < -0.39 is 0 Å². The second kappa shape index (κ2) is 6.07. The predicted molar refractivity (Wildman–Crippen MR) is 73.2 cm³/mol. The van der Waals surface area contributed by atoms with Crippen LogP contribution in [0.25, 0.3) is 0 Å². The fourth-order valence-corrected chi connectivity index (χ4v) is 2.20. The second-order valence-electron chi connectivity index (χ2n) is 3.94. The van der Waals surface area contributed by atoms with Gasteiger partial charge in [-0.05, 0) is 59.5 Å². The molecule has 16 heavy (non-hydrogen) atoms. The van der Waals surface area contributed by atoms with Gasteiger partial charge in [0.05, 0.1) is 11.6 Å². The molecule has 2 rings (SSSR count). The third-order valence-electron chi connectivity index (χ3n) is 2.72. The lowest BCUT2D eigenvalue weighted by atomic mass is 10.0. The summed E-state index contributed by atoms with van der Waals surface area (Å²) in [5.74, 6) is 1.48. The zero-order chi connectivity index (χ0) is 11.4. The summed E-state index contributed by atoms with van der Waals surface area (Å²) in [6.45, 7) is 2.49. The van der Waals surface area contributed by atoms with Crippen molar-refractivity contribution in [3.05, 3.63) is 26.8 Å². The van der Waals surface area contributed by atoms with Crippen molar-refractivity contribution in [2.24, 2.45) is 5.92 Å². The van der Waals surface area contributed by atoms with Crippen LogP contribution < -0.4 is 4.74 Å². The van der Waals surface area contributed by atoms with Crippen LogP contribution in [0.5, 0.6) is 5.75 Å². The molecule has 0 aliphatic carbocycles. The van der Waals surface area contributed by atoms with E-state index in [1.54, 1.807) is 0 Å². The van der Waals surface area contributed by atoms with Gasteiger partial charge in [0.1, 0.15) is 5.75 Å². The number of hydrogen-bond donors (Lipinski definition) is 0. The van der Waals surface area contributed by atoms with Crippen molar-refractivity contribution < 1.29 is 9.47 Å². The minimum Gasteiger partial charge on any atom is -0.493 e. The van der Waals surface area contributed by atoms with Gasteiger partial charge in [0.25, 0.3) is 0 Å². The first kappa shape index (κ1) is 12.5. The SMILES string of the molecule is Clc1cc(OCC2CCOCC2)ccc1I. The van der Waals surface area contributed by atoms with Gasteiger partial charge < -0.3 is 9.47 Å². The summed E-state index contributed by atoms with van der Waals surface area (Å²) in [5, 5.41) is 0.755. The molecular weight excluding hydrogens is 338 g/mol. The summed E-state index contributed by atoms with van der Waals surface area (Å²) in [6.07, 6.45) is 2.19. The molecule has 1 fully saturated rings. The van der Waals surface area contributed by atoms with Crippen molar-refractivity contribution >= 4 is 34.2 Å². The first-order valence-corrected chi connectivity index (χ1v) is 6.87. The van der Waals surface area contributed by atoms with E-state index in [4.69, 9.17) is 21.1 Å². The molecule has 0 aromatic heterocycles. The maximum absolute atomic E-state index is 6.03. The van der Waals surface area contributed by atoms with Crippen molar-refractivity contribution in [3.8, 4) is 5.75 Å². The maximum atomic E-state index is 6.03. The van der Waals surface area contributed by atoms with Crippen molar-refractivity contribution in [1.82, 2.24) is 0 Å². The summed E-state index contributed by atoms with van der Waals surface area (Å²) in [4.78, 5) is 0. The Morgan fingerprint density at radius 3 is 2.81 bits per heavy atom. The molecule has 0 atom stereocenters. The Hall–Kier alpha value is -0.000000000000000111. The van der Waals surface area contributed by atoms with E-state index in [2.05, 4.69) is 22.6 Å². The molecular formula is C12H14ClIO2. The third-order valence-corrected chi connectivity index (χ3v) is 4.29. The highest BCUT2D eigenvalue weighted by molar-refractivity contribution is 14.1. The molecule has 0 bridgehead atoms. The van der Waals surface area contributed by atoms with Gasteiger partial charge in [0.2, 0.25) is 0 Å². The average molecular weight is 353 g/mol. The zero-order valence-corrected chi connectivity index (χ0v) is 11.8. The van der Waals surface area contributed by atoms with Crippen LogP contribution in [0, 0.1) is 9.49 Å². The van der Waals surface area contributed by atoms with E-state index >= 15 is 0 Å². The van der Waals surface area contributed by atoms with E-state index in [1.165, 1.54) is 0 Å². The fourth-order valence-electron chi connectivity index (χ4n) is 1.69. The largest absolute Gasteiger partial charge is 0.493 e. The number of rotatable bonds is 3. The average Bonchev–Trinajstić information content (AvgIpc) is 2.32. The molecule has 1 aliphatic heterocycles. The first-order valence-electron chi connectivity index (χ1n) is 5.41.